The van der Waals surface area contributed by atoms with Crippen molar-refractivity contribution >= 4 is 0 Å². The van der Waals surface area contributed by atoms with Gasteiger partial charge >= 0.3 is 0 Å². The van der Waals surface area contributed by atoms with E-state index in [1.807, 2.05) is 6.20 Å². The van der Waals surface area contributed by atoms with Crippen LogP contribution in [0.25, 0.3) is 0 Å². The summed E-state index contributed by atoms with van der Waals surface area (Å²) in [5.41, 5.74) is 2.03. The van der Waals surface area contributed by atoms with E-state index in [9.17, 15) is 0 Å². The van der Waals surface area contributed by atoms with E-state index in [0.29, 0.717) is 12.0 Å². The maximum Gasteiger partial charge on any atom is 0.140 e. The van der Waals surface area contributed by atoms with E-state index in [4.69, 9.17) is 4.52 Å². The molecular formula is C15H20N4O. The number of hydrogen-bond acceptors (Lipinski definition) is 5. The van der Waals surface area contributed by atoms with E-state index >= 15 is 0 Å². The lowest BCUT2D eigenvalue weighted by Gasteiger charge is -2.23. The number of likely N-dealkylation sites (N-methyl/N-ethyl adjacent to an activating group) is 1. The molecule has 106 valence electrons. The molecule has 0 aliphatic heterocycles. The highest BCUT2D eigenvalue weighted by atomic mass is 16.5. The second-order valence-electron chi connectivity index (χ2n) is 5.66. The molecule has 1 saturated carbocycles. The van der Waals surface area contributed by atoms with Gasteiger partial charge in [0.1, 0.15) is 5.76 Å². The Morgan fingerprint density at radius 3 is 2.90 bits per heavy atom. The van der Waals surface area contributed by atoms with Gasteiger partial charge in [-0.15, -0.1) is 0 Å². The van der Waals surface area contributed by atoms with Crippen molar-refractivity contribution in [2.75, 3.05) is 7.05 Å². The van der Waals surface area contributed by atoms with E-state index in [-0.39, 0.29) is 0 Å². The summed E-state index contributed by atoms with van der Waals surface area (Å²) in [6.07, 6.45) is 8.64. The van der Waals surface area contributed by atoms with Crippen molar-refractivity contribution in [3.63, 3.8) is 0 Å². The van der Waals surface area contributed by atoms with Crippen LogP contribution in [0.15, 0.2) is 29.2 Å². The lowest BCUT2D eigenvalue weighted by atomic mass is 10.1. The Bertz CT molecular complexity index is 550. The Balaban J connectivity index is 1.55. The number of hydrogen-bond donors (Lipinski definition) is 0. The summed E-state index contributed by atoms with van der Waals surface area (Å²) >= 11 is 0. The first-order chi connectivity index (χ1) is 9.72. The van der Waals surface area contributed by atoms with Gasteiger partial charge in [0.25, 0.3) is 0 Å². The molecule has 0 N–H and O–H groups in total. The minimum atomic E-state index is 0.382. The van der Waals surface area contributed by atoms with Crippen molar-refractivity contribution in [2.45, 2.75) is 44.7 Å². The molecule has 1 atom stereocenters. The molecule has 2 heterocycles. The Morgan fingerprint density at radius 1 is 1.35 bits per heavy atom. The number of nitrogens with zero attached hydrogens (tertiary/aromatic N) is 4. The molecule has 0 amide bonds. The van der Waals surface area contributed by atoms with Crippen molar-refractivity contribution in [3.8, 4) is 0 Å². The van der Waals surface area contributed by atoms with Crippen molar-refractivity contribution < 1.29 is 4.52 Å². The first-order valence-electron chi connectivity index (χ1n) is 7.13. The third kappa shape index (κ3) is 3.22. The van der Waals surface area contributed by atoms with Gasteiger partial charge in [-0.05, 0) is 26.8 Å². The second kappa shape index (κ2) is 5.71. The molecule has 1 aliphatic rings. The Labute approximate surface area is 119 Å². The van der Waals surface area contributed by atoms with E-state index < -0.39 is 0 Å². The minimum absolute atomic E-state index is 0.382. The fourth-order valence-corrected chi connectivity index (χ4v) is 2.27. The summed E-state index contributed by atoms with van der Waals surface area (Å²) in [5.74, 6) is 1.67. The average molecular weight is 272 g/mol. The number of rotatable bonds is 6. The van der Waals surface area contributed by atoms with Crippen LogP contribution in [0, 0.1) is 0 Å². The van der Waals surface area contributed by atoms with E-state index in [1.54, 1.807) is 12.4 Å². The smallest absolute Gasteiger partial charge is 0.140 e. The van der Waals surface area contributed by atoms with Crippen molar-refractivity contribution in [1.29, 1.82) is 0 Å². The van der Waals surface area contributed by atoms with Crippen LogP contribution in [0.5, 0.6) is 0 Å². The molecule has 0 aromatic carbocycles. The largest absolute Gasteiger partial charge is 0.361 e. The zero-order chi connectivity index (χ0) is 13.9. The molecule has 2 aromatic heterocycles. The van der Waals surface area contributed by atoms with Crippen LogP contribution in [0.3, 0.4) is 0 Å². The molecule has 0 unspecified atom stereocenters. The summed E-state index contributed by atoms with van der Waals surface area (Å²) in [5, 5.41) is 4.16. The zero-order valence-electron chi connectivity index (χ0n) is 12.0. The van der Waals surface area contributed by atoms with Crippen molar-refractivity contribution in [2.24, 2.45) is 0 Å². The highest BCUT2D eigenvalue weighted by molar-refractivity contribution is 5.14. The molecule has 20 heavy (non-hydrogen) atoms. The van der Waals surface area contributed by atoms with Crippen molar-refractivity contribution in [1.82, 2.24) is 20.0 Å². The first-order valence-corrected chi connectivity index (χ1v) is 7.13. The van der Waals surface area contributed by atoms with Gasteiger partial charge < -0.3 is 4.52 Å². The maximum absolute atomic E-state index is 5.39. The van der Waals surface area contributed by atoms with Gasteiger partial charge in [0.05, 0.1) is 11.4 Å². The first kappa shape index (κ1) is 13.2. The van der Waals surface area contributed by atoms with Gasteiger partial charge in [-0.3, -0.25) is 14.9 Å². The molecule has 1 fully saturated rings. The van der Waals surface area contributed by atoms with Gasteiger partial charge in [0.15, 0.2) is 0 Å². The zero-order valence-corrected chi connectivity index (χ0v) is 12.0. The molecule has 5 heteroatoms. The molecule has 1 aliphatic carbocycles. The molecular weight excluding hydrogens is 252 g/mol. The standard InChI is InChI=1S/C15H20N4O/c1-11(7-13-9-16-5-6-17-13)19(2)10-14-8-15(20-18-14)12-3-4-12/h5-6,8-9,11-12H,3-4,7,10H2,1-2H3/t11-/m1/s1. The highest BCUT2D eigenvalue weighted by Crippen LogP contribution is 2.40. The van der Waals surface area contributed by atoms with Crippen LogP contribution < -0.4 is 0 Å². The Kier molecular flexibility index (Phi) is 3.78. The molecule has 0 radical (unpaired) electrons. The van der Waals surface area contributed by atoms with Gasteiger partial charge in [-0.1, -0.05) is 5.16 Å². The normalized spacial score (nSPS) is 16.6. The number of aromatic nitrogens is 3. The quantitative estimate of drug-likeness (QED) is 0.808. The summed E-state index contributed by atoms with van der Waals surface area (Å²) in [7, 11) is 2.10. The van der Waals surface area contributed by atoms with Crippen LogP contribution in [-0.4, -0.2) is 33.1 Å². The van der Waals surface area contributed by atoms with E-state index in [1.165, 1.54) is 12.8 Å². The Hall–Kier alpha value is -1.75. The third-order valence-electron chi connectivity index (χ3n) is 3.84. The van der Waals surface area contributed by atoms with Gasteiger partial charge in [0.2, 0.25) is 0 Å². The van der Waals surface area contributed by atoms with Crippen LogP contribution in [0.1, 0.15) is 42.8 Å². The molecule has 0 bridgehead atoms. The topological polar surface area (TPSA) is 55.1 Å². The molecule has 5 nitrogen and oxygen atoms in total. The lowest BCUT2D eigenvalue weighted by molar-refractivity contribution is 0.238. The van der Waals surface area contributed by atoms with Gasteiger partial charge in [-0.2, -0.15) is 0 Å². The highest BCUT2D eigenvalue weighted by Gasteiger charge is 2.28. The second-order valence-corrected chi connectivity index (χ2v) is 5.66. The lowest BCUT2D eigenvalue weighted by Crippen LogP contribution is -2.30. The van der Waals surface area contributed by atoms with E-state index in [2.05, 4.69) is 40.1 Å². The Morgan fingerprint density at radius 2 is 2.20 bits per heavy atom. The SMILES string of the molecule is C[C@H](Cc1cnccn1)N(C)Cc1cc(C2CC2)on1. The summed E-state index contributed by atoms with van der Waals surface area (Å²) in [6.45, 7) is 2.99. The molecule has 0 saturated heterocycles. The van der Waals surface area contributed by atoms with Crippen LogP contribution >= 0.6 is 0 Å². The van der Waals surface area contributed by atoms with Crippen molar-refractivity contribution in [3.05, 3.63) is 41.8 Å². The van der Waals surface area contributed by atoms with Crippen LogP contribution in [0.2, 0.25) is 0 Å². The summed E-state index contributed by atoms with van der Waals surface area (Å²) < 4.78 is 5.39. The third-order valence-corrected chi connectivity index (χ3v) is 3.84. The fraction of sp³-hybridized carbons (Fsp3) is 0.533. The predicted octanol–water partition coefficient (Wildman–Crippen LogP) is 2.41. The van der Waals surface area contributed by atoms with Crippen LogP contribution in [-0.2, 0) is 13.0 Å². The van der Waals surface area contributed by atoms with Gasteiger partial charge in [0, 0.05) is 49.6 Å². The van der Waals surface area contributed by atoms with E-state index in [0.717, 1.165) is 30.1 Å². The summed E-state index contributed by atoms with van der Waals surface area (Å²) in [6, 6.07) is 2.48. The summed E-state index contributed by atoms with van der Waals surface area (Å²) in [4.78, 5) is 10.7. The monoisotopic (exact) mass is 272 g/mol. The average Bonchev–Trinajstić information content (AvgIpc) is 3.20. The molecule has 3 rings (SSSR count). The minimum Gasteiger partial charge on any atom is -0.361 e. The van der Waals surface area contributed by atoms with Crippen LogP contribution in [0.4, 0.5) is 0 Å². The van der Waals surface area contributed by atoms with Gasteiger partial charge in [-0.25, -0.2) is 0 Å². The predicted molar refractivity (Wildman–Crippen MR) is 75.1 cm³/mol. The molecule has 2 aromatic rings. The maximum atomic E-state index is 5.39. The fourth-order valence-electron chi connectivity index (χ4n) is 2.27. The molecule has 0 spiro atoms.